The molecule has 0 saturated heterocycles. The highest BCUT2D eigenvalue weighted by molar-refractivity contribution is 7.41. The van der Waals surface area contributed by atoms with Gasteiger partial charge in [0.25, 0.3) is 0 Å². The largest absolute Gasteiger partial charge is 0.333 e. The van der Waals surface area contributed by atoms with Gasteiger partial charge in [0.2, 0.25) is 0 Å². The summed E-state index contributed by atoms with van der Waals surface area (Å²) in [6.07, 6.45) is 27.8. The first-order chi connectivity index (χ1) is 16.5. The van der Waals surface area contributed by atoms with E-state index in [-0.39, 0.29) is 18.3 Å². The van der Waals surface area contributed by atoms with Crippen LogP contribution in [0.2, 0.25) is 0 Å². The van der Waals surface area contributed by atoms with Gasteiger partial charge in [0, 0.05) is 0 Å². The van der Waals surface area contributed by atoms with Crippen LogP contribution in [0.4, 0.5) is 0 Å². The van der Waals surface area contributed by atoms with Crippen molar-refractivity contribution in [3.05, 3.63) is 0 Å². The predicted octanol–water partition coefficient (Wildman–Crippen LogP) is 11.7. The highest BCUT2D eigenvalue weighted by Gasteiger charge is 2.22. The van der Waals surface area contributed by atoms with Gasteiger partial charge in [-0.3, -0.25) is 0 Å². The molecule has 0 amide bonds. The van der Waals surface area contributed by atoms with E-state index in [1.807, 2.05) is 0 Å². The molecular formula is C30H63O3P. The molecule has 0 fully saturated rings. The third-order valence-corrected chi connectivity index (χ3v) is 8.29. The van der Waals surface area contributed by atoms with Crippen LogP contribution in [0.25, 0.3) is 0 Å². The van der Waals surface area contributed by atoms with Gasteiger partial charge in [0.1, 0.15) is 0 Å². The molecule has 3 nitrogen and oxygen atoms in total. The molecule has 0 radical (unpaired) electrons. The molecule has 34 heavy (non-hydrogen) atoms. The topological polar surface area (TPSA) is 27.7 Å². The van der Waals surface area contributed by atoms with Crippen LogP contribution in [0, 0.1) is 0 Å². The first-order valence-electron chi connectivity index (χ1n) is 15.3. The van der Waals surface area contributed by atoms with Crippen LogP contribution in [0.15, 0.2) is 0 Å². The minimum absolute atomic E-state index is 0.208. The molecule has 0 rings (SSSR count). The molecule has 0 bridgehead atoms. The monoisotopic (exact) mass is 502 g/mol. The summed E-state index contributed by atoms with van der Waals surface area (Å²) in [5.74, 6) is 0. The lowest BCUT2D eigenvalue weighted by atomic mass is 10.1. The minimum atomic E-state index is -1.27. The second kappa shape index (κ2) is 26.4. The molecule has 0 saturated carbocycles. The number of hydrogen-bond acceptors (Lipinski definition) is 3. The summed E-state index contributed by atoms with van der Waals surface area (Å²) < 4.78 is 19.1. The lowest BCUT2D eigenvalue weighted by Gasteiger charge is -2.26. The van der Waals surface area contributed by atoms with E-state index in [2.05, 4.69) is 41.5 Å². The smallest absolute Gasteiger partial charge is 0.309 e. The Morgan fingerprint density at radius 3 is 0.882 bits per heavy atom. The Labute approximate surface area is 216 Å². The summed E-state index contributed by atoms with van der Waals surface area (Å²) in [5.41, 5.74) is 0. The Hall–Kier alpha value is 0.310. The van der Waals surface area contributed by atoms with Gasteiger partial charge < -0.3 is 13.6 Å². The maximum atomic E-state index is 6.36. The van der Waals surface area contributed by atoms with Gasteiger partial charge in [-0.15, -0.1) is 0 Å². The van der Waals surface area contributed by atoms with Crippen molar-refractivity contribution >= 4 is 8.60 Å². The Morgan fingerprint density at radius 1 is 0.382 bits per heavy atom. The average molecular weight is 503 g/mol. The van der Waals surface area contributed by atoms with E-state index in [0.717, 1.165) is 19.3 Å². The molecule has 4 heteroatoms. The Balaban J connectivity index is 4.37. The van der Waals surface area contributed by atoms with Gasteiger partial charge in [-0.05, 0) is 40.0 Å². The fourth-order valence-electron chi connectivity index (χ4n) is 4.31. The second-order valence-electron chi connectivity index (χ2n) is 10.6. The van der Waals surface area contributed by atoms with Gasteiger partial charge in [-0.1, -0.05) is 136 Å². The molecule has 0 aliphatic carbocycles. The number of unbranched alkanes of at least 4 members (excludes halogenated alkanes) is 15. The Bertz CT molecular complexity index is 336. The SMILES string of the molecule is CCCCCCCCC(C)OP(OC(C)CCCCCCCC)OC(C)CCCCCCCC. The molecule has 3 atom stereocenters. The third kappa shape index (κ3) is 24.0. The van der Waals surface area contributed by atoms with Crippen molar-refractivity contribution in [3.63, 3.8) is 0 Å². The molecule has 0 aromatic carbocycles. The van der Waals surface area contributed by atoms with Crippen molar-refractivity contribution in [2.75, 3.05) is 0 Å². The lowest BCUT2D eigenvalue weighted by molar-refractivity contribution is 0.0703. The zero-order valence-corrected chi connectivity index (χ0v) is 25.1. The van der Waals surface area contributed by atoms with E-state index in [0.29, 0.717) is 0 Å². The van der Waals surface area contributed by atoms with Crippen molar-refractivity contribution in [3.8, 4) is 0 Å². The van der Waals surface area contributed by atoms with Gasteiger partial charge in [0.05, 0.1) is 18.3 Å². The van der Waals surface area contributed by atoms with Crippen LogP contribution in [0.1, 0.15) is 176 Å². The Kier molecular flexibility index (Phi) is 26.6. The second-order valence-corrected chi connectivity index (χ2v) is 11.7. The van der Waals surface area contributed by atoms with E-state index < -0.39 is 8.60 Å². The molecule has 3 unspecified atom stereocenters. The fraction of sp³-hybridized carbons (Fsp3) is 1.00. The standard InChI is InChI=1S/C30H63O3P/c1-7-10-13-16-19-22-25-28(4)31-34(32-29(5)26-23-20-17-14-11-8-2)33-30(6)27-24-21-18-15-12-9-3/h28-30H,7-27H2,1-6H3. The molecular weight excluding hydrogens is 439 g/mol. The van der Waals surface area contributed by atoms with Crippen LogP contribution < -0.4 is 0 Å². The van der Waals surface area contributed by atoms with Crippen LogP contribution in [-0.2, 0) is 13.6 Å². The van der Waals surface area contributed by atoms with Gasteiger partial charge >= 0.3 is 8.60 Å². The van der Waals surface area contributed by atoms with Crippen LogP contribution in [-0.4, -0.2) is 18.3 Å². The molecule has 0 aromatic heterocycles. The quantitative estimate of drug-likeness (QED) is 0.0825. The predicted molar refractivity (Wildman–Crippen MR) is 153 cm³/mol. The summed E-state index contributed by atoms with van der Waals surface area (Å²) in [7, 11) is -1.27. The fourth-order valence-corrected chi connectivity index (χ4v) is 5.66. The van der Waals surface area contributed by atoms with Gasteiger partial charge in [0.15, 0.2) is 0 Å². The van der Waals surface area contributed by atoms with Crippen LogP contribution >= 0.6 is 8.60 Å². The van der Waals surface area contributed by atoms with E-state index in [4.69, 9.17) is 13.6 Å². The highest BCUT2D eigenvalue weighted by atomic mass is 31.2. The maximum Gasteiger partial charge on any atom is 0.333 e. The van der Waals surface area contributed by atoms with E-state index in [9.17, 15) is 0 Å². The van der Waals surface area contributed by atoms with Crippen molar-refractivity contribution < 1.29 is 13.6 Å². The number of rotatable bonds is 27. The lowest BCUT2D eigenvalue weighted by Crippen LogP contribution is -2.15. The molecule has 0 N–H and O–H groups in total. The summed E-state index contributed by atoms with van der Waals surface area (Å²) in [6.45, 7) is 13.4. The molecule has 0 spiro atoms. The summed E-state index contributed by atoms with van der Waals surface area (Å²) in [6, 6.07) is 0. The van der Waals surface area contributed by atoms with Crippen LogP contribution in [0.3, 0.4) is 0 Å². The maximum absolute atomic E-state index is 6.36. The minimum Gasteiger partial charge on any atom is -0.309 e. The van der Waals surface area contributed by atoms with Crippen molar-refractivity contribution in [1.29, 1.82) is 0 Å². The highest BCUT2D eigenvalue weighted by Crippen LogP contribution is 2.45. The molecule has 0 heterocycles. The van der Waals surface area contributed by atoms with Gasteiger partial charge in [-0.25, -0.2) is 0 Å². The Morgan fingerprint density at radius 2 is 0.618 bits per heavy atom. The normalized spacial score (nSPS) is 15.4. The zero-order chi connectivity index (χ0) is 25.3. The van der Waals surface area contributed by atoms with Crippen molar-refractivity contribution in [1.82, 2.24) is 0 Å². The summed E-state index contributed by atoms with van der Waals surface area (Å²) in [5, 5.41) is 0. The van der Waals surface area contributed by atoms with Crippen LogP contribution in [0.5, 0.6) is 0 Å². The average Bonchev–Trinajstić information content (AvgIpc) is 2.80. The van der Waals surface area contributed by atoms with Gasteiger partial charge in [-0.2, -0.15) is 0 Å². The van der Waals surface area contributed by atoms with Crippen molar-refractivity contribution in [2.24, 2.45) is 0 Å². The molecule has 0 aromatic rings. The molecule has 0 aliphatic rings. The molecule has 0 aliphatic heterocycles. The zero-order valence-electron chi connectivity index (χ0n) is 24.3. The first-order valence-corrected chi connectivity index (χ1v) is 16.4. The molecule has 206 valence electrons. The van der Waals surface area contributed by atoms with E-state index in [1.54, 1.807) is 0 Å². The summed E-state index contributed by atoms with van der Waals surface area (Å²) in [4.78, 5) is 0. The summed E-state index contributed by atoms with van der Waals surface area (Å²) >= 11 is 0. The van der Waals surface area contributed by atoms with E-state index >= 15 is 0 Å². The number of hydrogen-bond donors (Lipinski definition) is 0. The van der Waals surface area contributed by atoms with Crippen molar-refractivity contribution in [2.45, 2.75) is 195 Å². The first kappa shape index (κ1) is 34.3. The third-order valence-electron chi connectivity index (χ3n) is 6.69. The van der Waals surface area contributed by atoms with E-state index in [1.165, 1.54) is 116 Å².